The van der Waals surface area contributed by atoms with Gasteiger partial charge in [0, 0.05) is 12.6 Å². The minimum atomic E-state index is -0.0732. The third kappa shape index (κ3) is 3.35. The van der Waals surface area contributed by atoms with Crippen LogP contribution in [-0.2, 0) is 4.79 Å². The van der Waals surface area contributed by atoms with Crippen LogP contribution in [0.2, 0.25) is 0 Å². The summed E-state index contributed by atoms with van der Waals surface area (Å²) in [4.78, 5) is 11.1. The van der Waals surface area contributed by atoms with Gasteiger partial charge in [0.1, 0.15) is 0 Å². The maximum absolute atomic E-state index is 11.1. The number of carbonyl (C=O) groups is 1. The van der Waals surface area contributed by atoms with E-state index in [1.54, 1.807) is 7.05 Å². The molecule has 2 rings (SSSR count). The molecule has 0 aliphatic heterocycles. The molecule has 100 valence electrons. The van der Waals surface area contributed by atoms with Crippen LogP contribution < -0.4 is 5.32 Å². The van der Waals surface area contributed by atoms with Crippen LogP contribution in [0.1, 0.15) is 11.1 Å². The summed E-state index contributed by atoms with van der Waals surface area (Å²) in [6.07, 6.45) is 0. The number of nitrogens with one attached hydrogen (secondary N) is 1. The van der Waals surface area contributed by atoms with Crippen molar-refractivity contribution in [3.05, 3.63) is 29.3 Å². The van der Waals surface area contributed by atoms with Crippen LogP contribution in [0.3, 0.4) is 0 Å². The number of rotatable bonds is 4. The molecule has 0 radical (unpaired) electrons. The molecule has 0 fully saturated rings. The zero-order valence-electron chi connectivity index (χ0n) is 11.1. The number of thioether (sulfide) groups is 1. The van der Waals surface area contributed by atoms with Crippen molar-refractivity contribution >= 4 is 17.7 Å². The molecule has 6 heteroatoms. The minimum Gasteiger partial charge on any atom is -0.411 e. The third-order valence-electron chi connectivity index (χ3n) is 2.77. The fourth-order valence-corrected chi connectivity index (χ4v) is 2.09. The highest BCUT2D eigenvalue weighted by Gasteiger charge is 2.11. The molecule has 1 N–H and O–H groups in total. The van der Waals surface area contributed by atoms with Gasteiger partial charge in [0.25, 0.3) is 5.22 Å². The smallest absolute Gasteiger partial charge is 0.277 e. The van der Waals surface area contributed by atoms with E-state index in [0.717, 1.165) is 5.56 Å². The van der Waals surface area contributed by atoms with Crippen LogP contribution in [0.25, 0.3) is 11.5 Å². The largest absolute Gasteiger partial charge is 0.411 e. The van der Waals surface area contributed by atoms with E-state index in [-0.39, 0.29) is 11.7 Å². The SMILES string of the molecule is CNC(=O)CSc1nnc(-c2ccc(C)c(C)c2)o1. The zero-order chi connectivity index (χ0) is 13.8. The van der Waals surface area contributed by atoms with Crippen molar-refractivity contribution in [1.29, 1.82) is 0 Å². The molecule has 1 amide bonds. The van der Waals surface area contributed by atoms with E-state index in [9.17, 15) is 4.79 Å². The van der Waals surface area contributed by atoms with E-state index in [4.69, 9.17) is 4.42 Å². The molecular weight excluding hydrogens is 262 g/mol. The molecule has 0 saturated heterocycles. The first-order chi connectivity index (χ1) is 9.10. The zero-order valence-corrected chi connectivity index (χ0v) is 11.9. The number of amides is 1. The second-order valence-electron chi connectivity index (χ2n) is 4.13. The van der Waals surface area contributed by atoms with E-state index in [1.807, 2.05) is 25.1 Å². The van der Waals surface area contributed by atoms with Crippen LogP contribution in [0.4, 0.5) is 0 Å². The molecule has 0 spiro atoms. The monoisotopic (exact) mass is 277 g/mol. The molecule has 5 nitrogen and oxygen atoms in total. The van der Waals surface area contributed by atoms with Crippen molar-refractivity contribution in [2.45, 2.75) is 19.1 Å². The Kier molecular flexibility index (Phi) is 4.21. The Bertz CT molecular complexity index is 595. The Morgan fingerprint density at radius 3 is 2.79 bits per heavy atom. The fourth-order valence-electron chi connectivity index (χ4n) is 1.46. The Labute approximate surface area is 115 Å². The number of aryl methyl sites for hydroxylation is 2. The van der Waals surface area contributed by atoms with Crippen LogP contribution in [-0.4, -0.2) is 28.9 Å². The quantitative estimate of drug-likeness (QED) is 0.868. The second kappa shape index (κ2) is 5.88. The Hall–Kier alpha value is -1.82. The predicted molar refractivity (Wildman–Crippen MR) is 74.0 cm³/mol. The maximum Gasteiger partial charge on any atom is 0.277 e. The van der Waals surface area contributed by atoms with E-state index in [2.05, 4.69) is 22.4 Å². The number of aromatic nitrogens is 2. The molecule has 0 atom stereocenters. The topological polar surface area (TPSA) is 68.0 Å². The lowest BCUT2D eigenvalue weighted by Gasteiger charge is -2.00. The van der Waals surface area contributed by atoms with Gasteiger partial charge in [0.15, 0.2) is 0 Å². The van der Waals surface area contributed by atoms with Gasteiger partial charge < -0.3 is 9.73 Å². The number of carbonyl (C=O) groups excluding carboxylic acids is 1. The molecule has 0 bridgehead atoms. The van der Waals surface area contributed by atoms with Crippen LogP contribution in [0.5, 0.6) is 0 Å². The summed E-state index contributed by atoms with van der Waals surface area (Å²) in [6.45, 7) is 4.09. The van der Waals surface area contributed by atoms with Crippen molar-refractivity contribution in [3.63, 3.8) is 0 Å². The predicted octanol–water partition coefficient (Wildman–Crippen LogP) is 2.19. The van der Waals surface area contributed by atoms with Gasteiger partial charge in [0.2, 0.25) is 11.8 Å². The molecule has 0 aliphatic rings. The van der Waals surface area contributed by atoms with Gasteiger partial charge in [-0.05, 0) is 37.1 Å². The average Bonchev–Trinajstić information content (AvgIpc) is 2.88. The van der Waals surface area contributed by atoms with Gasteiger partial charge in [-0.1, -0.05) is 17.8 Å². The van der Waals surface area contributed by atoms with Gasteiger partial charge in [-0.15, -0.1) is 10.2 Å². The van der Waals surface area contributed by atoms with Crippen molar-refractivity contribution in [3.8, 4) is 11.5 Å². The summed E-state index contributed by atoms with van der Waals surface area (Å²) in [5, 5.41) is 10.8. The van der Waals surface area contributed by atoms with Gasteiger partial charge in [-0.25, -0.2) is 0 Å². The molecule has 0 saturated carbocycles. The summed E-state index contributed by atoms with van der Waals surface area (Å²) in [7, 11) is 1.59. The van der Waals surface area contributed by atoms with Gasteiger partial charge in [-0.2, -0.15) is 0 Å². The number of hydrogen-bond acceptors (Lipinski definition) is 5. The molecule has 0 aliphatic carbocycles. The summed E-state index contributed by atoms with van der Waals surface area (Å²) in [5.41, 5.74) is 3.29. The van der Waals surface area contributed by atoms with E-state index in [1.165, 1.54) is 22.9 Å². The van der Waals surface area contributed by atoms with E-state index >= 15 is 0 Å². The van der Waals surface area contributed by atoms with Crippen molar-refractivity contribution in [2.24, 2.45) is 0 Å². The number of nitrogens with zero attached hydrogens (tertiary/aromatic N) is 2. The second-order valence-corrected chi connectivity index (χ2v) is 5.06. The lowest BCUT2D eigenvalue weighted by Crippen LogP contribution is -2.19. The molecule has 0 unspecified atom stereocenters. The van der Waals surface area contributed by atoms with Crippen LogP contribution in [0.15, 0.2) is 27.8 Å². The summed E-state index contributed by atoms with van der Waals surface area (Å²) in [5.74, 6) is 0.670. The highest BCUT2D eigenvalue weighted by molar-refractivity contribution is 7.99. The lowest BCUT2D eigenvalue weighted by molar-refractivity contribution is -0.118. The Morgan fingerprint density at radius 1 is 1.32 bits per heavy atom. The normalized spacial score (nSPS) is 10.5. The van der Waals surface area contributed by atoms with E-state index < -0.39 is 0 Å². The molecule has 1 heterocycles. The van der Waals surface area contributed by atoms with E-state index in [0.29, 0.717) is 11.1 Å². The average molecular weight is 277 g/mol. The van der Waals surface area contributed by atoms with Crippen molar-refractivity contribution in [1.82, 2.24) is 15.5 Å². The molecule has 19 heavy (non-hydrogen) atoms. The lowest BCUT2D eigenvalue weighted by atomic mass is 10.1. The molecule has 2 aromatic rings. The highest BCUT2D eigenvalue weighted by atomic mass is 32.2. The summed E-state index contributed by atoms with van der Waals surface area (Å²) >= 11 is 1.22. The number of benzene rings is 1. The number of hydrogen-bond donors (Lipinski definition) is 1. The fraction of sp³-hybridized carbons (Fsp3) is 0.308. The van der Waals surface area contributed by atoms with Crippen LogP contribution in [0, 0.1) is 13.8 Å². The molecule has 1 aromatic carbocycles. The first-order valence-electron chi connectivity index (χ1n) is 5.84. The first kappa shape index (κ1) is 13.6. The van der Waals surface area contributed by atoms with Gasteiger partial charge >= 0.3 is 0 Å². The maximum atomic E-state index is 11.1. The first-order valence-corrected chi connectivity index (χ1v) is 6.83. The van der Waals surface area contributed by atoms with Crippen LogP contribution >= 0.6 is 11.8 Å². The van der Waals surface area contributed by atoms with Gasteiger partial charge in [0.05, 0.1) is 5.75 Å². The minimum absolute atomic E-state index is 0.0732. The van der Waals surface area contributed by atoms with Gasteiger partial charge in [-0.3, -0.25) is 4.79 Å². The highest BCUT2D eigenvalue weighted by Crippen LogP contribution is 2.24. The Balaban J connectivity index is 2.12. The summed E-state index contributed by atoms with van der Waals surface area (Å²) in [6, 6.07) is 5.98. The van der Waals surface area contributed by atoms with Crippen molar-refractivity contribution in [2.75, 3.05) is 12.8 Å². The third-order valence-corrected chi connectivity index (χ3v) is 3.58. The molecular formula is C13H15N3O2S. The Morgan fingerprint density at radius 2 is 2.11 bits per heavy atom. The molecule has 1 aromatic heterocycles. The standard InChI is InChI=1S/C13H15N3O2S/c1-8-4-5-10(6-9(8)2)12-15-16-13(18-12)19-7-11(17)14-3/h4-6H,7H2,1-3H3,(H,14,17). The summed E-state index contributed by atoms with van der Waals surface area (Å²) < 4.78 is 5.52. The van der Waals surface area contributed by atoms with Crippen molar-refractivity contribution < 1.29 is 9.21 Å².